The van der Waals surface area contributed by atoms with Gasteiger partial charge in [0.2, 0.25) is 11.7 Å². The summed E-state index contributed by atoms with van der Waals surface area (Å²) >= 11 is 0. The Labute approximate surface area is 350 Å². The van der Waals surface area contributed by atoms with Crippen LogP contribution >= 0.6 is 0 Å². The van der Waals surface area contributed by atoms with Crippen molar-refractivity contribution in [3.05, 3.63) is 83.7 Å². The van der Waals surface area contributed by atoms with Crippen molar-refractivity contribution in [3.63, 3.8) is 0 Å². The fourth-order valence-corrected chi connectivity index (χ4v) is 10.4. The number of halogens is 1. The minimum absolute atomic E-state index is 0.00859. The fraction of sp³-hybridized carbons (Fsp3) is 0.625. The van der Waals surface area contributed by atoms with Crippen LogP contribution in [0.3, 0.4) is 0 Å². The lowest BCUT2D eigenvalue weighted by Crippen LogP contribution is -2.70. The van der Waals surface area contributed by atoms with Crippen LogP contribution in [0.25, 0.3) is 0 Å². The molecule has 2 heterocycles. The Kier molecular flexibility index (Phi) is 15.2. The van der Waals surface area contributed by atoms with Crippen LogP contribution in [0.4, 0.5) is 4.39 Å². The van der Waals surface area contributed by atoms with Crippen LogP contribution in [-0.4, -0.2) is 96.1 Å². The molecule has 7 rings (SSSR count). The van der Waals surface area contributed by atoms with E-state index in [9.17, 15) is 19.4 Å². The number of fused-ring (bicyclic) bond motifs is 2. The van der Waals surface area contributed by atoms with E-state index in [4.69, 9.17) is 24.2 Å². The second-order valence-electron chi connectivity index (χ2n) is 17.2. The van der Waals surface area contributed by atoms with Crippen LogP contribution in [0.2, 0.25) is 0 Å². The molecule has 2 saturated carbocycles. The van der Waals surface area contributed by atoms with Gasteiger partial charge in [0, 0.05) is 63.7 Å². The van der Waals surface area contributed by atoms with Crippen molar-refractivity contribution in [2.24, 2.45) is 28.8 Å². The van der Waals surface area contributed by atoms with E-state index in [0.29, 0.717) is 50.6 Å². The third kappa shape index (κ3) is 10.2. The Hall–Kier alpha value is -3.77. The predicted octanol–water partition coefficient (Wildman–Crippen LogP) is 8.17. The van der Waals surface area contributed by atoms with E-state index in [1.165, 1.54) is 25.0 Å². The number of hydrogen-bond acceptors (Lipinski definition) is 9. The summed E-state index contributed by atoms with van der Waals surface area (Å²) < 4.78 is 35.3. The third-order valence-corrected chi connectivity index (χ3v) is 13.4. The largest absolute Gasteiger partial charge is 0.492 e. The Morgan fingerprint density at radius 1 is 1.05 bits per heavy atom. The molecule has 59 heavy (non-hydrogen) atoms. The van der Waals surface area contributed by atoms with Gasteiger partial charge in [-0.25, -0.2) is 4.39 Å². The summed E-state index contributed by atoms with van der Waals surface area (Å²) in [5, 5.41) is 24.7. The zero-order chi connectivity index (χ0) is 41.2. The maximum absolute atomic E-state index is 15.0. The Bertz CT molecular complexity index is 1760. The van der Waals surface area contributed by atoms with Crippen LogP contribution in [-0.2, 0) is 20.9 Å². The summed E-state index contributed by atoms with van der Waals surface area (Å²) in [6, 6.07) is 11.9. The standard InChI is InChI=1S/C48H66FN3O7/c1-3-28-57-48-44(52(33-35-15-18-37(49)19-16-35)45(55)22-17-34-11-5-6-12-34)32-42(50-58-4-2)40-30-36(13-7-9-26-53)39(14-8-10-27-54)46(47(40)48)41-31-38(20-21-43(41)59-48)56-29-25-51-23-24-51/h3,15-16,18-21,30-31,34,36,39,44,46-47,53-54H,1,4-14,17,22-29,32-33H2,2H3/t36-,39+,44-,46+,47+,48+/m0/s1. The first-order valence-electron chi connectivity index (χ1n) is 22.5. The van der Waals surface area contributed by atoms with E-state index in [2.05, 4.69) is 23.6 Å². The van der Waals surface area contributed by atoms with E-state index in [-0.39, 0.29) is 55.8 Å². The van der Waals surface area contributed by atoms with Crippen LogP contribution in [0.1, 0.15) is 107 Å². The molecule has 3 fully saturated rings. The maximum atomic E-state index is 15.0. The molecular formula is C48H66FN3O7. The van der Waals surface area contributed by atoms with Crippen molar-refractivity contribution in [2.45, 2.75) is 115 Å². The molecule has 2 aliphatic heterocycles. The molecule has 0 radical (unpaired) electrons. The normalized spacial score (nSPS) is 26.7. The Morgan fingerprint density at radius 2 is 1.81 bits per heavy atom. The maximum Gasteiger partial charge on any atom is 0.239 e. The summed E-state index contributed by atoms with van der Waals surface area (Å²) in [5.74, 6) is 0.0645. The van der Waals surface area contributed by atoms with Gasteiger partial charge in [-0.15, -0.1) is 6.58 Å². The van der Waals surface area contributed by atoms with Crippen LogP contribution in [0.5, 0.6) is 11.5 Å². The molecule has 0 aromatic heterocycles. The highest BCUT2D eigenvalue weighted by Crippen LogP contribution is 2.62. The van der Waals surface area contributed by atoms with Crippen LogP contribution in [0, 0.1) is 29.5 Å². The zero-order valence-corrected chi connectivity index (χ0v) is 35.1. The average Bonchev–Trinajstić information content (AvgIpc) is 3.92. The number of nitrogens with zero attached hydrogens (tertiary/aromatic N) is 3. The number of rotatable bonds is 23. The SMILES string of the molecule is C=CCO[C@@]12Oc3ccc(OCCN4CC4)cc3[C@H]3[C@H](CCCCO)[C@@H](CCCCO)C=C(C(=NOCC)C[C@@H]1N(Cc1ccc(F)cc1)C(=O)CCC1CCCC1)[C@H]32. The number of unbranched alkanes of at least 4 members (excludes halogenated alkanes) is 2. The van der Waals surface area contributed by atoms with E-state index in [1.807, 2.05) is 24.0 Å². The molecule has 2 aromatic rings. The van der Waals surface area contributed by atoms with Crippen molar-refractivity contribution in [2.75, 3.05) is 52.7 Å². The van der Waals surface area contributed by atoms with Gasteiger partial charge in [-0.2, -0.15) is 0 Å². The van der Waals surface area contributed by atoms with E-state index >= 15 is 0 Å². The number of oxime groups is 1. The van der Waals surface area contributed by atoms with Crippen LogP contribution in [0.15, 0.2) is 71.9 Å². The Morgan fingerprint density at radius 3 is 2.53 bits per heavy atom. The zero-order valence-electron chi connectivity index (χ0n) is 35.1. The topological polar surface area (TPSA) is 113 Å². The fourth-order valence-electron chi connectivity index (χ4n) is 10.4. The molecule has 6 atom stereocenters. The summed E-state index contributed by atoms with van der Waals surface area (Å²) in [5.41, 5.74) is 3.64. The van der Waals surface area contributed by atoms with Gasteiger partial charge in [-0.05, 0) is 98.2 Å². The van der Waals surface area contributed by atoms with Crippen LogP contribution < -0.4 is 9.47 Å². The second-order valence-corrected chi connectivity index (χ2v) is 17.2. The number of aliphatic hydroxyl groups is 2. The number of aliphatic hydroxyl groups excluding tert-OH is 2. The first kappa shape index (κ1) is 43.3. The van der Waals surface area contributed by atoms with E-state index in [0.717, 1.165) is 92.7 Å². The monoisotopic (exact) mass is 815 g/mol. The van der Waals surface area contributed by atoms with Gasteiger partial charge in [-0.3, -0.25) is 9.69 Å². The number of amides is 1. The number of carbonyl (C=O) groups is 1. The molecule has 1 amide bonds. The lowest BCUT2D eigenvalue weighted by molar-refractivity contribution is -0.258. The van der Waals surface area contributed by atoms with Gasteiger partial charge in [0.1, 0.15) is 36.6 Å². The minimum Gasteiger partial charge on any atom is -0.492 e. The first-order valence-corrected chi connectivity index (χ1v) is 22.5. The molecule has 0 unspecified atom stereocenters. The number of ether oxygens (including phenoxy) is 3. The molecule has 10 nitrogen and oxygen atoms in total. The first-order chi connectivity index (χ1) is 28.9. The van der Waals surface area contributed by atoms with Crippen molar-refractivity contribution < 1.29 is 38.4 Å². The molecule has 11 heteroatoms. The molecular weight excluding hydrogens is 750 g/mol. The lowest BCUT2D eigenvalue weighted by atomic mass is 9.55. The number of hydrogen-bond donors (Lipinski definition) is 2. The highest BCUT2D eigenvalue weighted by Gasteiger charge is 2.65. The molecule has 2 N–H and O–H groups in total. The third-order valence-electron chi connectivity index (χ3n) is 13.4. The van der Waals surface area contributed by atoms with E-state index < -0.39 is 17.7 Å². The van der Waals surface area contributed by atoms with Crippen molar-refractivity contribution >= 4 is 11.6 Å². The smallest absolute Gasteiger partial charge is 0.239 e. The summed E-state index contributed by atoms with van der Waals surface area (Å²) in [6.45, 7) is 10.7. The summed E-state index contributed by atoms with van der Waals surface area (Å²) in [4.78, 5) is 25.2. The minimum atomic E-state index is -1.35. The van der Waals surface area contributed by atoms with Crippen molar-refractivity contribution in [1.82, 2.24) is 9.80 Å². The molecule has 1 saturated heterocycles. The molecule has 5 aliphatic rings. The highest BCUT2D eigenvalue weighted by atomic mass is 19.1. The Balaban J connectivity index is 1.39. The molecule has 0 bridgehead atoms. The molecule has 322 valence electrons. The van der Waals surface area contributed by atoms with Gasteiger partial charge >= 0.3 is 0 Å². The molecule has 2 aromatic carbocycles. The van der Waals surface area contributed by atoms with Gasteiger partial charge in [0.05, 0.1) is 18.2 Å². The van der Waals surface area contributed by atoms with Gasteiger partial charge in [0.15, 0.2) is 0 Å². The van der Waals surface area contributed by atoms with Crippen molar-refractivity contribution in [1.29, 1.82) is 0 Å². The summed E-state index contributed by atoms with van der Waals surface area (Å²) in [6.07, 6.45) is 15.2. The highest BCUT2D eigenvalue weighted by molar-refractivity contribution is 6.03. The van der Waals surface area contributed by atoms with Crippen molar-refractivity contribution in [3.8, 4) is 11.5 Å². The number of benzene rings is 2. The average molecular weight is 816 g/mol. The second kappa shape index (κ2) is 20.7. The van der Waals surface area contributed by atoms with Gasteiger partial charge in [-0.1, -0.05) is 68.0 Å². The molecule has 3 aliphatic carbocycles. The quantitative estimate of drug-likeness (QED) is 0.0501. The number of allylic oxidation sites excluding steroid dienone is 1. The lowest BCUT2D eigenvalue weighted by Gasteiger charge is -2.60. The molecule has 0 spiro atoms. The predicted molar refractivity (Wildman–Crippen MR) is 227 cm³/mol. The summed E-state index contributed by atoms with van der Waals surface area (Å²) in [7, 11) is 0. The van der Waals surface area contributed by atoms with Gasteiger partial charge < -0.3 is 34.2 Å². The van der Waals surface area contributed by atoms with E-state index in [1.54, 1.807) is 18.2 Å². The van der Waals surface area contributed by atoms with Gasteiger partial charge in [0.25, 0.3) is 0 Å². The number of carbonyl (C=O) groups excluding carboxylic acids is 1.